The minimum Gasteiger partial charge on any atom is -0.393 e. The summed E-state index contributed by atoms with van der Waals surface area (Å²) in [5.41, 5.74) is -0.903. The third-order valence-corrected chi connectivity index (χ3v) is 2.17. The molecule has 4 atom stereocenters. The molecule has 16 heavy (non-hydrogen) atoms. The van der Waals surface area contributed by atoms with Gasteiger partial charge in [-0.05, 0) is 20.8 Å². The topological polar surface area (TPSA) is 99.4 Å². The van der Waals surface area contributed by atoms with E-state index in [1.165, 1.54) is 14.0 Å². The van der Waals surface area contributed by atoms with Crippen molar-refractivity contribution in [3.05, 3.63) is 0 Å². The van der Waals surface area contributed by atoms with Gasteiger partial charge in [-0.3, -0.25) is 0 Å². The fraction of sp³-hybridized carbons (Fsp3) is 1.00. The largest absolute Gasteiger partial charge is 0.393 e. The maximum Gasteiger partial charge on any atom is 0.186 e. The molecule has 4 N–H and O–H groups in total. The van der Waals surface area contributed by atoms with Crippen LogP contribution < -0.4 is 0 Å². The van der Waals surface area contributed by atoms with Crippen molar-refractivity contribution in [2.75, 3.05) is 13.7 Å². The van der Waals surface area contributed by atoms with Crippen LogP contribution in [-0.4, -0.2) is 64.3 Å². The van der Waals surface area contributed by atoms with E-state index in [9.17, 15) is 10.2 Å². The van der Waals surface area contributed by atoms with E-state index >= 15 is 0 Å². The lowest BCUT2D eigenvalue weighted by Crippen LogP contribution is -2.49. The van der Waals surface area contributed by atoms with Gasteiger partial charge in [-0.25, -0.2) is 0 Å². The number of aliphatic hydroxyl groups is 4. The Morgan fingerprint density at radius 2 is 1.62 bits per heavy atom. The van der Waals surface area contributed by atoms with Crippen molar-refractivity contribution in [1.29, 1.82) is 0 Å². The van der Waals surface area contributed by atoms with Crippen molar-refractivity contribution in [3.63, 3.8) is 0 Å². The number of rotatable bonds is 7. The molecule has 0 fully saturated rings. The lowest BCUT2D eigenvalue weighted by atomic mass is 10.1. The summed E-state index contributed by atoms with van der Waals surface area (Å²) >= 11 is 0. The summed E-state index contributed by atoms with van der Waals surface area (Å²) in [5.74, 6) is 0. The zero-order valence-corrected chi connectivity index (χ0v) is 10.1. The molecule has 0 aliphatic rings. The first-order chi connectivity index (χ1) is 7.25. The molecular formula is C10H22O6. The smallest absolute Gasteiger partial charge is 0.186 e. The van der Waals surface area contributed by atoms with Gasteiger partial charge in [0.1, 0.15) is 12.2 Å². The van der Waals surface area contributed by atoms with Crippen molar-refractivity contribution >= 4 is 0 Å². The van der Waals surface area contributed by atoms with Gasteiger partial charge in [0, 0.05) is 7.11 Å². The first-order valence-corrected chi connectivity index (χ1v) is 5.11. The SMILES string of the molecule is COC(OC(C)(C)CO)C(O)C(O)C(C)O. The lowest BCUT2D eigenvalue weighted by Gasteiger charge is -2.33. The molecule has 0 saturated heterocycles. The van der Waals surface area contributed by atoms with E-state index in [-0.39, 0.29) is 6.61 Å². The van der Waals surface area contributed by atoms with Crippen molar-refractivity contribution < 1.29 is 29.9 Å². The summed E-state index contributed by atoms with van der Waals surface area (Å²) < 4.78 is 10.1. The van der Waals surface area contributed by atoms with Gasteiger partial charge in [-0.15, -0.1) is 0 Å². The molecule has 0 saturated carbocycles. The van der Waals surface area contributed by atoms with Crippen molar-refractivity contribution in [2.24, 2.45) is 0 Å². The predicted molar refractivity (Wildman–Crippen MR) is 56.7 cm³/mol. The second-order valence-electron chi connectivity index (χ2n) is 4.36. The standard InChI is InChI=1S/C10H22O6/c1-6(12)7(13)8(14)9(15-4)16-10(2,3)5-11/h6-9,11-14H,5H2,1-4H3. The van der Waals surface area contributed by atoms with E-state index in [0.29, 0.717) is 0 Å². The van der Waals surface area contributed by atoms with Crippen LogP contribution in [0.25, 0.3) is 0 Å². The monoisotopic (exact) mass is 238 g/mol. The van der Waals surface area contributed by atoms with Gasteiger partial charge in [0.15, 0.2) is 6.29 Å². The molecule has 0 bridgehead atoms. The van der Waals surface area contributed by atoms with Crippen LogP contribution in [0.15, 0.2) is 0 Å². The van der Waals surface area contributed by atoms with E-state index < -0.39 is 30.2 Å². The van der Waals surface area contributed by atoms with Crippen LogP contribution in [0.3, 0.4) is 0 Å². The Hall–Kier alpha value is -0.240. The van der Waals surface area contributed by atoms with Gasteiger partial charge in [0.05, 0.1) is 18.3 Å². The van der Waals surface area contributed by atoms with E-state index in [1.807, 2.05) is 0 Å². The summed E-state index contributed by atoms with van der Waals surface area (Å²) in [5, 5.41) is 37.2. The van der Waals surface area contributed by atoms with Gasteiger partial charge < -0.3 is 29.9 Å². The zero-order valence-electron chi connectivity index (χ0n) is 10.1. The summed E-state index contributed by atoms with van der Waals surface area (Å²) in [4.78, 5) is 0. The molecule has 0 spiro atoms. The predicted octanol–water partition coefficient (Wildman–Crippen LogP) is -1.15. The third kappa shape index (κ3) is 4.73. The van der Waals surface area contributed by atoms with E-state index in [1.54, 1.807) is 13.8 Å². The van der Waals surface area contributed by atoms with Crippen LogP contribution in [0.5, 0.6) is 0 Å². The molecule has 0 aliphatic carbocycles. The molecule has 0 amide bonds. The summed E-state index contributed by atoms with van der Waals surface area (Å²) in [6.07, 6.45) is -4.99. The number of hydrogen-bond acceptors (Lipinski definition) is 6. The molecular weight excluding hydrogens is 216 g/mol. The number of hydrogen-bond donors (Lipinski definition) is 4. The minimum atomic E-state index is -1.39. The van der Waals surface area contributed by atoms with Crippen LogP contribution in [0, 0.1) is 0 Å². The minimum absolute atomic E-state index is 0.260. The Bertz CT molecular complexity index is 194. The maximum absolute atomic E-state index is 9.67. The molecule has 0 rings (SSSR count). The molecule has 4 unspecified atom stereocenters. The molecule has 0 aliphatic heterocycles. The van der Waals surface area contributed by atoms with Crippen LogP contribution >= 0.6 is 0 Å². The highest BCUT2D eigenvalue weighted by Crippen LogP contribution is 2.17. The molecule has 0 aromatic carbocycles. The molecule has 0 aromatic heterocycles. The van der Waals surface area contributed by atoms with E-state index in [4.69, 9.17) is 19.7 Å². The van der Waals surface area contributed by atoms with Crippen LogP contribution in [0.1, 0.15) is 20.8 Å². The highest BCUT2D eigenvalue weighted by atomic mass is 16.7. The Labute approximate surface area is 95.4 Å². The lowest BCUT2D eigenvalue weighted by molar-refractivity contribution is -0.257. The van der Waals surface area contributed by atoms with Gasteiger partial charge in [-0.1, -0.05) is 0 Å². The second kappa shape index (κ2) is 6.48. The first kappa shape index (κ1) is 15.8. The summed E-state index contributed by atoms with van der Waals surface area (Å²) in [6, 6.07) is 0. The molecule has 98 valence electrons. The van der Waals surface area contributed by atoms with E-state index in [2.05, 4.69) is 0 Å². The third-order valence-electron chi connectivity index (χ3n) is 2.17. The molecule has 0 aromatic rings. The van der Waals surface area contributed by atoms with Gasteiger partial charge >= 0.3 is 0 Å². The van der Waals surface area contributed by atoms with Crippen LogP contribution in [0.2, 0.25) is 0 Å². The van der Waals surface area contributed by atoms with Crippen molar-refractivity contribution in [2.45, 2.75) is 51.0 Å². The number of aliphatic hydroxyl groups excluding tert-OH is 4. The van der Waals surface area contributed by atoms with Crippen molar-refractivity contribution in [1.82, 2.24) is 0 Å². The Morgan fingerprint density at radius 3 is 1.94 bits per heavy atom. The fourth-order valence-corrected chi connectivity index (χ4v) is 1.06. The second-order valence-corrected chi connectivity index (χ2v) is 4.36. The summed E-state index contributed by atoms with van der Waals surface area (Å²) in [7, 11) is 1.30. The quantitative estimate of drug-likeness (QED) is 0.418. The Kier molecular flexibility index (Phi) is 6.39. The molecule has 6 nitrogen and oxygen atoms in total. The van der Waals surface area contributed by atoms with Crippen LogP contribution in [-0.2, 0) is 9.47 Å². The van der Waals surface area contributed by atoms with E-state index in [0.717, 1.165) is 0 Å². The average molecular weight is 238 g/mol. The molecule has 0 radical (unpaired) electrons. The zero-order chi connectivity index (χ0) is 12.9. The van der Waals surface area contributed by atoms with Gasteiger partial charge in [-0.2, -0.15) is 0 Å². The fourth-order valence-electron chi connectivity index (χ4n) is 1.06. The number of methoxy groups -OCH3 is 1. The Morgan fingerprint density at radius 1 is 1.12 bits per heavy atom. The van der Waals surface area contributed by atoms with Crippen LogP contribution in [0.4, 0.5) is 0 Å². The highest BCUT2D eigenvalue weighted by Gasteiger charge is 2.34. The maximum atomic E-state index is 9.67. The van der Waals surface area contributed by atoms with Gasteiger partial charge in [0.25, 0.3) is 0 Å². The normalized spacial score (nSPS) is 20.2. The average Bonchev–Trinajstić information content (AvgIpc) is 2.23. The molecule has 0 heterocycles. The Balaban J connectivity index is 4.49. The first-order valence-electron chi connectivity index (χ1n) is 5.11. The van der Waals surface area contributed by atoms with Crippen molar-refractivity contribution in [3.8, 4) is 0 Å². The number of ether oxygens (including phenoxy) is 2. The summed E-state index contributed by atoms with van der Waals surface area (Å²) in [6.45, 7) is 4.31. The molecule has 6 heteroatoms. The highest BCUT2D eigenvalue weighted by molar-refractivity contribution is 4.78. The van der Waals surface area contributed by atoms with Gasteiger partial charge in [0.2, 0.25) is 0 Å².